The van der Waals surface area contributed by atoms with Gasteiger partial charge in [-0.05, 0) is 31.0 Å². The van der Waals surface area contributed by atoms with E-state index < -0.39 is 0 Å². The monoisotopic (exact) mass is 307 g/mol. The summed E-state index contributed by atoms with van der Waals surface area (Å²) in [7, 11) is 0. The maximum absolute atomic E-state index is 12.2. The zero-order valence-electron chi connectivity index (χ0n) is 13.1. The Morgan fingerprint density at radius 2 is 2.19 bits per heavy atom. The average Bonchev–Trinajstić information content (AvgIpc) is 2.55. The summed E-state index contributed by atoms with van der Waals surface area (Å²) in [6, 6.07) is 5.63. The van der Waals surface area contributed by atoms with Gasteiger partial charge in [0.25, 0.3) is 0 Å². The van der Waals surface area contributed by atoms with Crippen LogP contribution in [0.2, 0.25) is 0 Å². The van der Waals surface area contributed by atoms with E-state index in [4.69, 9.17) is 5.73 Å². The van der Waals surface area contributed by atoms with E-state index in [1.807, 2.05) is 36.9 Å². The molecule has 0 unspecified atom stereocenters. The molecule has 0 atom stereocenters. The quantitative estimate of drug-likeness (QED) is 0.843. The molecule has 0 aliphatic carbocycles. The van der Waals surface area contributed by atoms with Crippen molar-refractivity contribution >= 4 is 29.0 Å². The fraction of sp³-hybridized carbons (Fsp3) is 0.562. The van der Waals surface area contributed by atoms with Gasteiger partial charge >= 0.3 is 0 Å². The summed E-state index contributed by atoms with van der Waals surface area (Å²) in [6.07, 6.45) is 1.11. The van der Waals surface area contributed by atoms with E-state index in [0.29, 0.717) is 17.0 Å². The molecular weight excluding hydrogens is 282 g/mol. The second kappa shape index (κ2) is 6.71. The summed E-state index contributed by atoms with van der Waals surface area (Å²) >= 11 is 1.99. The standard InChI is InChI=1S/C16H25N3OS/c1-12-4-5-13(10-14(12)17)18-15(20)11-19-7-6-16(2,3)21-9-8-19/h4-5,10H,6-9,11,17H2,1-3H3,(H,18,20). The van der Waals surface area contributed by atoms with Crippen molar-refractivity contribution in [3.8, 4) is 0 Å². The molecule has 1 fully saturated rings. The Morgan fingerprint density at radius 1 is 1.43 bits per heavy atom. The average molecular weight is 307 g/mol. The summed E-state index contributed by atoms with van der Waals surface area (Å²) in [5, 5.41) is 2.93. The number of nitrogens with two attached hydrogens (primary N) is 1. The number of carbonyl (C=O) groups is 1. The van der Waals surface area contributed by atoms with Crippen LogP contribution in [0.5, 0.6) is 0 Å². The van der Waals surface area contributed by atoms with Gasteiger partial charge in [-0.15, -0.1) is 0 Å². The topological polar surface area (TPSA) is 58.4 Å². The van der Waals surface area contributed by atoms with E-state index in [9.17, 15) is 4.79 Å². The number of amides is 1. The van der Waals surface area contributed by atoms with Crippen LogP contribution >= 0.6 is 11.8 Å². The Morgan fingerprint density at radius 3 is 2.90 bits per heavy atom. The predicted octanol–water partition coefficient (Wildman–Crippen LogP) is 2.73. The number of nitrogens with zero attached hydrogens (tertiary/aromatic N) is 1. The molecule has 1 aliphatic rings. The minimum absolute atomic E-state index is 0.0305. The van der Waals surface area contributed by atoms with Crippen LogP contribution in [0, 0.1) is 6.92 Å². The van der Waals surface area contributed by atoms with Gasteiger partial charge in [0.15, 0.2) is 0 Å². The van der Waals surface area contributed by atoms with Crippen molar-refractivity contribution in [3.63, 3.8) is 0 Å². The van der Waals surface area contributed by atoms with Crippen LogP contribution < -0.4 is 11.1 Å². The van der Waals surface area contributed by atoms with Crippen molar-refractivity contribution < 1.29 is 4.79 Å². The maximum atomic E-state index is 12.2. The summed E-state index contributed by atoms with van der Waals surface area (Å²) in [4.78, 5) is 14.4. The first-order valence-electron chi connectivity index (χ1n) is 7.38. The minimum Gasteiger partial charge on any atom is -0.398 e. The van der Waals surface area contributed by atoms with Crippen molar-refractivity contribution in [1.82, 2.24) is 4.90 Å². The van der Waals surface area contributed by atoms with Crippen LogP contribution in [-0.4, -0.2) is 40.9 Å². The first-order valence-corrected chi connectivity index (χ1v) is 8.37. The van der Waals surface area contributed by atoms with Crippen molar-refractivity contribution in [2.24, 2.45) is 0 Å². The van der Waals surface area contributed by atoms with Crippen LogP contribution in [-0.2, 0) is 4.79 Å². The molecule has 116 valence electrons. The van der Waals surface area contributed by atoms with Crippen LogP contribution in [0.4, 0.5) is 11.4 Å². The molecule has 1 aliphatic heterocycles. The normalized spacial score (nSPS) is 19.0. The minimum atomic E-state index is 0.0305. The molecule has 0 radical (unpaired) electrons. The number of nitrogen functional groups attached to an aromatic ring is 1. The van der Waals surface area contributed by atoms with Crippen molar-refractivity contribution in [2.75, 3.05) is 36.4 Å². The fourth-order valence-corrected chi connectivity index (χ4v) is 3.48. The number of carbonyl (C=O) groups excluding carboxylic acids is 1. The lowest BCUT2D eigenvalue weighted by Gasteiger charge is -2.22. The maximum Gasteiger partial charge on any atom is 0.238 e. The van der Waals surface area contributed by atoms with Gasteiger partial charge in [-0.3, -0.25) is 9.69 Å². The fourth-order valence-electron chi connectivity index (χ4n) is 2.34. The number of nitrogens with one attached hydrogen (secondary N) is 1. The largest absolute Gasteiger partial charge is 0.398 e. The molecule has 5 heteroatoms. The number of rotatable bonds is 3. The lowest BCUT2D eigenvalue weighted by molar-refractivity contribution is -0.117. The van der Waals surface area contributed by atoms with Crippen LogP contribution in [0.3, 0.4) is 0 Å². The van der Waals surface area contributed by atoms with Gasteiger partial charge in [-0.2, -0.15) is 11.8 Å². The Kier molecular flexibility index (Phi) is 5.17. The van der Waals surface area contributed by atoms with Crippen LogP contribution in [0.1, 0.15) is 25.8 Å². The number of anilines is 2. The second-order valence-electron chi connectivity index (χ2n) is 6.25. The van der Waals surface area contributed by atoms with E-state index in [1.165, 1.54) is 0 Å². The van der Waals surface area contributed by atoms with E-state index in [1.54, 1.807) is 0 Å². The Labute approximate surface area is 131 Å². The van der Waals surface area contributed by atoms with Gasteiger partial charge in [0.05, 0.1) is 6.54 Å². The highest BCUT2D eigenvalue weighted by Crippen LogP contribution is 2.30. The first kappa shape index (κ1) is 16.2. The van der Waals surface area contributed by atoms with Gasteiger partial charge in [0.1, 0.15) is 0 Å². The Hall–Kier alpha value is -1.20. The van der Waals surface area contributed by atoms with Gasteiger partial charge < -0.3 is 11.1 Å². The second-order valence-corrected chi connectivity index (χ2v) is 8.06. The highest BCUT2D eigenvalue weighted by atomic mass is 32.2. The molecule has 1 heterocycles. The molecule has 1 amide bonds. The van der Waals surface area contributed by atoms with Crippen molar-refractivity contribution in [2.45, 2.75) is 31.9 Å². The van der Waals surface area contributed by atoms with E-state index in [0.717, 1.165) is 36.5 Å². The predicted molar refractivity (Wildman–Crippen MR) is 91.8 cm³/mol. The number of hydrogen-bond donors (Lipinski definition) is 2. The molecule has 0 saturated carbocycles. The molecule has 0 aromatic heterocycles. The SMILES string of the molecule is Cc1ccc(NC(=O)CN2CCSC(C)(C)CC2)cc1N. The number of thioether (sulfide) groups is 1. The van der Waals surface area contributed by atoms with E-state index in [2.05, 4.69) is 24.1 Å². The molecule has 4 nitrogen and oxygen atoms in total. The summed E-state index contributed by atoms with van der Waals surface area (Å²) in [5.41, 5.74) is 8.37. The van der Waals surface area contributed by atoms with Gasteiger partial charge in [-0.1, -0.05) is 19.9 Å². The molecule has 1 aromatic rings. The molecule has 3 N–H and O–H groups in total. The van der Waals surface area contributed by atoms with Gasteiger partial charge in [0.2, 0.25) is 5.91 Å². The van der Waals surface area contributed by atoms with E-state index in [-0.39, 0.29) is 5.91 Å². The third kappa shape index (κ3) is 4.93. The Balaban J connectivity index is 1.88. The highest BCUT2D eigenvalue weighted by Gasteiger charge is 2.24. The Bertz CT molecular complexity index is 516. The van der Waals surface area contributed by atoms with Crippen LogP contribution in [0.15, 0.2) is 18.2 Å². The van der Waals surface area contributed by atoms with Crippen molar-refractivity contribution in [3.05, 3.63) is 23.8 Å². The molecular formula is C16H25N3OS. The molecule has 21 heavy (non-hydrogen) atoms. The molecule has 0 bridgehead atoms. The highest BCUT2D eigenvalue weighted by molar-refractivity contribution is 8.00. The lowest BCUT2D eigenvalue weighted by Crippen LogP contribution is -2.35. The zero-order chi connectivity index (χ0) is 15.5. The molecule has 0 spiro atoms. The summed E-state index contributed by atoms with van der Waals surface area (Å²) in [6.45, 7) is 8.90. The number of benzene rings is 1. The molecule has 1 saturated heterocycles. The van der Waals surface area contributed by atoms with Crippen LogP contribution in [0.25, 0.3) is 0 Å². The van der Waals surface area contributed by atoms with Crippen molar-refractivity contribution in [1.29, 1.82) is 0 Å². The first-order chi connectivity index (χ1) is 9.85. The van der Waals surface area contributed by atoms with E-state index >= 15 is 0 Å². The third-order valence-electron chi connectivity index (χ3n) is 3.86. The zero-order valence-corrected chi connectivity index (χ0v) is 13.9. The number of aryl methyl sites for hydroxylation is 1. The third-order valence-corrected chi connectivity index (χ3v) is 5.23. The smallest absolute Gasteiger partial charge is 0.238 e. The molecule has 1 aromatic carbocycles. The lowest BCUT2D eigenvalue weighted by atomic mass is 10.1. The number of hydrogen-bond acceptors (Lipinski definition) is 4. The van der Waals surface area contributed by atoms with Gasteiger partial charge in [0, 0.05) is 35.0 Å². The molecule has 2 rings (SSSR count). The summed E-state index contributed by atoms with van der Waals surface area (Å²) < 4.78 is 0.316. The summed E-state index contributed by atoms with van der Waals surface area (Å²) in [5.74, 6) is 1.11. The van der Waals surface area contributed by atoms with Gasteiger partial charge in [-0.25, -0.2) is 0 Å².